The number of hydrogen-bond donors (Lipinski definition) is 3. The number of fused-ring (bicyclic) bond motifs is 1. The molecule has 0 aliphatic rings. The zero-order chi connectivity index (χ0) is 17.1. The highest BCUT2D eigenvalue weighted by molar-refractivity contribution is 6.30. The molecule has 8 heteroatoms. The lowest BCUT2D eigenvalue weighted by Crippen LogP contribution is -2.20. The molecule has 0 aliphatic carbocycles. The number of nitrogens with one attached hydrogen (secondary N) is 3. The fourth-order valence-electron chi connectivity index (χ4n) is 2.11. The van der Waals surface area contributed by atoms with Gasteiger partial charge in [0.25, 0.3) is 5.91 Å². The smallest absolute Gasteiger partial charge is 0.338 e. The molecule has 3 rings (SSSR count). The van der Waals surface area contributed by atoms with Gasteiger partial charge in [-0.1, -0.05) is 11.6 Å². The van der Waals surface area contributed by atoms with E-state index in [9.17, 15) is 14.4 Å². The molecule has 0 saturated heterocycles. The maximum Gasteiger partial charge on any atom is 0.338 e. The molecule has 1 amide bonds. The van der Waals surface area contributed by atoms with Crippen molar-refractivity contribution in [2.24, 2.45) is 0 Å². The monoisotopic (exact) mass is 345 g/mol. The van der Waals surface area contributed by atoms with Gasteiger partial charge in [0, 0.05) is 10.7 Å². The van der Waals surface area contributed by atoms with Crippen LogP contribution in [-0.2, 0) is 9.53 Å². The number of anilines is 1. The summed E-state index contributed by atoms with van der Waals surface area (Å²) in [7, 11) is 0. The molecule has 1 heterocycles. The second-order valence-corrected chi connectivity index (χ2v) is 5.41. The third kappa shape index (κ3) is 3.64. The predicted molar refractivity (Wildman–Crippen MR) is 89.3 cm³/mol. The molecule has 3 aromatic rings. The first-order valence-electron chi connectivity index (χ1n) is 6.96. The van der Waals surface area contributed by atoms with E-state index in [4.69, 9.17) is 16.3 Å². The van der Waals surface area contributed by atoms with Gasteiger partial charge in [0.15, 0.2) is 6.61 Å². The molecule has 3 N–H and O–H groups in total. The molecule has 122 valence electrons. The Kier molecular flexibility index (Phi) is 4.35. The van der Waals surface area contributed by atoms with Crippen LogP contribution in [0.4, 0.5) is 5.69 Å². The lowest BCUT2D eigenvalue weighted by Gasteiger charge is -2.07. The summed E-state index contributed by atoms with van der Waals surface area (Å²) in [6.45, 7) is -0.427. The number of ether oxygens (including phenoxy) is 1. The van der Waals surface area contributed by atoms with Gasteiger partial charge in [0.2, 0.25) is 0 Å². The molecule has 0 unspecified atom stereocenters. The van der Waals surface area contributed by atoms with Crippen LogP contribution in [0.25, 0.3) is 11.0 Å². The predicted octanol–water partition coefficient (Wildman–Crippen LogP) is 2.31. The molecule has 1 aromatic heterocycles. The first-order chi connectivity index (χ1) is 11.5. The van der Waals surface area contributed by atoms with Crippen LogP contribution in [0.5, 0.6) is 0 Å². The van der Waals surface area contributed by atoms with E-state index >= 15 is 0 Å². The van der Waals surface area contributed by atoms with Crippen molar-refractivity contribution < 1.29 is 14.3 Å². The second kappa shape index (κ2) is 6.59. The summed E-state index contributed by atoms with van der Waals surface area (Å²) >= 11 is 5.74. The largest absolute Gasteiger partial charge is 0.452 e. The quantitative estimate of drug-likeness (QED) is 0.631. The van der Waals surface area contributed by atoms with Crippen molar-refractivity contribution in [1.29, 1.82) is 0 Å². The van der Waals surface area contributed by atoms with Gasteiger partial charge in [-0.2, -0.15) is 0 Å². The van der Waals surface area contributed by atoms with E-state index in [0.717, 1.165) is 0 Å². The van der Waals surface area contributed by atoms with Crippen LogP contribution in [0.3, 0.4) is 0 Å². The zero-order valence-corrected chi connectivity index (χ0v) is 13.0. The van der Waals surface area contributed by atoms with Crippen LogP contribution in [0.1, 0.15) is 10.4 Å². The summed E-state index contributed by atoms with van der Waals surface area (Å²) < 4.78 is 4.94. The van der Waals surface area contributed by atoms with Crippen molar-refractivity contribution in [3.8, 4) is 0 Å². The minimum atomic E-state index is -0.618. The van der Waals surface area contributed by atoms with Crippen molar-refractivity contribution in [1.82, 2.24) is 9.97 Å². The van der Waals surface area contributed by atoms with Crippen LogP contribution >= 0.6 is 11.6 Å². The number of benzene rings is 2. The van der Waals surface area contributed by atoms with Gasteiger partial charge in [0.05, 0.1) is 16.6 Å². The van der Waals surface area contributed by atoms with E-state index in [1.165, 1.54) is 12.1 Å². The van der Waals surface area contributed by atoms with Gasteiger partial charge in [-0.05, 0) is 42.5 Å². The van der Waals surface area contributed by atoms with Crippen molar-refractivity contribution >= 4 is 40.2 Å². The molecule has 7 nitrogen and oxygen atoms in total. The first kappa shape index (κ1) is 15.8. The molecule has 24 heavy (non-hydrogen) atoms. The molecule has 0 aliphatic heterocycles. The Balaban J connectivity index is 1.59. The molecule has 0 fully saturated rings. The summed E-state index contributed by atoms with van der Waals surface area (Å²) in [5.41, 5.74) is 1.65. The van der Waals surface area contributed by atoms with Crippen molar-refractivity contribution in [3.63, 3.8) is 0 Å². The van der Waals surface area contributed by atoms with Crippen LogP contribution in [0.15, 0.2) is 47.3 Å². The zero-order valence-electron chi connectivity index (χ0n) is 12.3. The number of aromatic nitrogens is 2. The van der Waals surface area contributed by atoms with E-state index in [1.54, 1.807) is 30.3 Å². The van der Waals surface area contributed by atoms with Crippen molar-refractivity contribution in [3.05, 3.63) is 63.5 Å². The molecule has 0 atom stereocenters. The second-order valence-electron chi connectivity index (χ2n) is 4.97. The minimum Gasteiger partial charge on any atom is -0.452 e. The number of hydrogen-bond acceptors (Lipinski definition) is 4. The molecular formula is C16H12ClN3O4. The topological polar surface area (TPSA) is 104 Å². The Morgan fingerprint density at radius 3 is 2.50 bits per heavy atom. The Bertz CT molecular complexity index is 959. The van der Waals surface area contributed by atoms with Crippen LogP contribution in [0.2, 0.25) is 5.02 Å². The average Bonchev–Trinajstić information content (AvgIpc) is 2.92. The first-order valence-corrected chi connectivity index (χ1v) is 7.34. The van der Waals surface area contributed by atoms with Gasteiger partial charge in [0.1, 0.15) is 0 Å². The molecule has 0 saturated carbocycles. The van der Waals surface area contributed by atoms with Crippen LogP contribution in [-0.4, -0.2) is 28.5 Å². The van der Waals surface area contributed by atoms with E-state index < -0.39 is 18.5 Å². The lowest BCUT2D eigenvalue weighted by molar-refractivity contribution is -0.119. The number of esters is 1. The summed E-state index contributed by atoms with van der Waals surface area (Å²) in [5, 5.41) is 3.09. The van der Waals surface area contributed by atoms with Gasteiger partial charge >= 0.3 is 11.7 Å². The number of rotatable bonds is 4. The fourth-order valence-corrected chi connectivity index (χ4v) is 2.23. The maximum absolute atomic E-state index is 11.9. The van der Waals surface area contributed by atoms with Crippen LogP contribution < -0.4 is 11.0 Å². The fraction of sp³-hybridized carbons (Fsp3) is 0.0625. The highest BCUT2D eigenvalue weighted by Crippen LogP contribution is 2.14. The molecule has 0 spiro atoms. The number of amides is 1. The van der Waals surface area contributed by atoms with Gasteiger partial charge in [-0.15, -0.1) is 0 Å². The van der Waals surface area contributed by atoms with E-state index in [2.05, 4.69) is 15.3 Å². The Labute approximate surface area is 140 Å². The maximum atomic E-state index is 11.9. The molecule has 2 aromatic carbocycles. The standard InChI is InChI=1S/C16H12ClN3O4/c17-10-3-1-9(2-4-10)15(22)24-8-14(21)18-11-5-6-12-13(7-11)20-16(23)19-12/h1-7H,8H2,(H,18,21)(H2,19,20,23). The highest BCUT2D eigenvalue weighted by atomic mass is 35.5. The van der Waals surface area contributed by atoms with Crippen LogP contribution in [0, 0.1) is 0 Å². The number of carbonyl (C=O) groups is 2. The normalized spacial score (nSPS) is 10.5. The van der Waals surface area contributed by atoms with Crippen molar-refractivity contribution in [2.45, 2.75) is 0 Å². The third-order valence-corrected chi connectivity index (χ3v) is 3.47. The number of carbonyl (C=O) groups excluding carboxylic acids is 2. The SMILES string of the molecule is O=C(COC(=O)c1ccc(Cl)cc1)Nc1ccc2[nH]c(=O)[nH]c2c1. The van der Waals surface area contributed by atoms with Gasteiger partial charge in [-0.25, -0.2) is 9.59 Å². The minimum absolute atomic E-state index is 0.304. The molecule has 0 bridgehead atoms. The number of halogens is 1. The Morgan fingerprint density at radius 1 is 1.04 bits per heavy atom. The Morgan fingerprint density at radius 2 is 1.75 bits per heavy atom. The van der Waals surface area contributed by atoms with E-state index in [0.29, 0.717) is 27.3 Å². The van der Waals surface area contributed by atoms with E-state index in [-0.39, 0.29) is 5.69 Å². The van der Waals surface area contributed by atoms with Crippen molar-refractivity contribution in [2.75, 3.05) is 11.9 Å². The van der Waals surface area contributed by atoms with Gasteiger partial charge < -0.3 is 20.0 Å². The summed E-state index contributed by atoms with van der Waals surface area (Å²) in [6, 6.07) is 11.0. The summed E-state index contributed by atoms with van der Waals surface area (Å²) in [5.74, 6) is -1.11. The van der Waals surface area contributed by atoms with Gasteiger partial charge in [-0.3, -0.25) is 4.79 Å². The average molecular weight is 346 g/mol. The number of H-pyrrole nitrogens is 2. The lowest BCUT2D eigenvalue weighted by atomic mass is 10.2. The summed E-state index contributed by atoms with van der Waals surface area (Å²) in [4.78, 5) is 40.0. The number of imidazole rings is 1. The number of aromatic amines is 2. The molecular weight excluding hydrogens is 334 g/mol. The highest BCUT2D eigenvalue weighted by Gasteiger charge is 2.10. The Hall–Kier alpha value is -3.06. The van der Waals surface area contributed by atoms with E-state index in [1.807, 2.05) is 0 Å². The molecule has 0 radical (unpaired) electrons. The third-order valence-electron chi connectivity index (χ3n) is 3.21. The summed E-state index contributed by atoms with van der Waals surface area (Å²) in [6.07, 6.45) is 0.